The number of piperidine rings is 1. The van der Waals surface area contributed by atoms with E-state index in [0.717, 1.165) is 12.0 Å². The Morgan fingerprint density at radius 3 is 2.24 bits per heavy atom. The second-order valence-electron chi connectivity index (χ2n) is 10.0. The fourth-order valence-electron chi connectivity index (χ4n) is 5.73. The summed E-state index contributed by atoms with van der Waals surface area (Å²) >= 11 is 5.91. The van der Waals surface area contributed by atoms with E-state index in [1.165, 1.54) is 0 Å². The van der Waals surface area contributed by atoms with Crippen LogP contribution < -0.4 is 4.74 Å². The van der Waals surface area contributed by atoms with Crippen LogP contribution in [0.25, 0.3) is 0 Å². The highest BCUT2D eigenvalue weighted by Gasteiger charge is 2.57. The van der Waals surface area contributed by atoms with E-state index in [0.29, 0.717) is 74.0 Å². The maximum atomic E-state index is 15.3. The summed E-state index contributed by atoms with van der Waals surface area (Å²) in [6, 6.07) is 13.5. The highest BCUT2D eigenvalue weighted by atomic mass is 35.5. The van der Waals surface area contributed by atoms with Gasteiger partial charge in [0.25, 0.3) is 0 Å². The minimum Gasteiger partial charge on any atom is -0.457 e. The number of allylic oxidation sites excluding steroid dienone is 3. The molecule has 195 valence electrons. The van der Waals surface area contributed by atoms with Gasteiger partial charge < -0.3 is 14.4 Å². The summed E-state index contributed by atoms with van der Waals surface area (Å²) in [6.45, 7) is 3.64. The molecule has 0 bridgehead atoms. The van der Waals surface area contributed by atoms with Gasteiger partial charge in [0, 0.05) is 31.2 Å². The number of hydrogen-bond donors (Lipinski definition) is 0. The predicted octanol–water partition coefficient (Wildman–Crippen LogP) is 5.44. The topological polar surface area (TPSA) is 59.1 Å². The first-order valence-electron chi connectivity index (χ1n) is 12.7. The molecular weight excluding hydrogens is 515 g/mol. The van der Waals surface area contributed by atoms with Gasteiger partial charge in [-0.25, -0.2) is 12.8 Å². The molecule has 0 aromatic heterocycles. The molecule has 6 nitrogen and oxygen atoms in total. The Morgan fingerprint density at radius 1 is 0.973 bits per heavy atom. The summed E-state index contributed by atoms with van der Waals surface area (Å²) < 4.78 is 54.6. The van der Waals surface area contributed by atoms with Crippen molar-refractivity contribution in [2.24, 2.45) is 17.8 Å². The van der Waals surface area contributed by atoms with Crippen molar-refractivity contribution in [2.75, 3.05) is 39.4 Å². The zero-order valence-electron chi connectivity index (χ0n) is 20.4. The van der Waals surface area contributed by atoms with E-state index in [4.69, 9.17) is 21.1 Å². The molecule has 37 heavy (non-hydrogen) atoms. The van der Waals surface area contributed by atoms with Crippen LogP contribution in [-0.4, -0.2) is 57.0 Å². The van der Waals surface area contributed by atoms with Crippen molar-refractivity contribution < 1.29 is 22.3 Å². The third-order valence-electron chi connectivity index (χ3n) is 7.84. The molecule has 2 aliphatic heterocycles. The van der Waals surface area contributed by atoms with Gasteiger partial charge in [0.05, 0.1) is 23.8 Å². The van der Waals surface area contributed by atoms with Crippen LogP contribution >= 0.6 is 11.6 Å². The van der Waals surface area contributed by atoms with Gasteiger partial charge in [-0.1, -0.05) is 17.7 Å². The molecule has 4 aliphatic rings. The Kier molecular flexibility index (Phi) is 6.77. The molecule has 9 heteroatoms. The van der Waals surface area contributed by atoms with Crippen molar-refractivity contribution in [1.82, 2.24) is 9.21 Å². The summed E-state index contributed by atoms with van der Waals surface area (Å²) in [5, 5.41) is 0.619. The normalized spacial score (nSPS) is 26.2. The van der Waals surface area contributed by atoms with Gasteiger partial charge in [0.2, 0.25) is 10.0 Å². The van der Waals surface area contributed by atoms with Gasteiger partial charge in [0.1, 0.15) is 17.3 Å². The Hall–Kier alpha value is -2.39. The average Bonchev–Trinajstić information content (AvgIpc) is 3.33. The molecule has 3 fully saturated rings. The summed E-state index contributed by atoms with van der Waals surface area (Å²) in [5.74, 6) is 1.96. The summed E-state index contributed by atoms with van der Waals surface area (Å²) in [6.07, 6.45) is 5.34. The number of benzene rings is 2. The number of sulfonamides is 1. The third-order valence-corrected chi connectivity index (χ3v) is 9.94. The van der Waals surface area contributed by atoms with Crippen molar-refractivity contribution >= 4 is 21.6 Å². The van der Waals surface area contributed by atoms with Crippen molar-refractivity contribution in [1.29, 1.82) is 0 Å². The Morgan fingerprint density at radius 2 is 1.59 bits per heavy atom. The second-order valence-corrected chi connectivity index (χ2v) is 12.4. The zero-order valence-corrected chi connectivity index (χ0v) is 21.9. The minimum atomic E-state index is -3.59. The molecule has 2 aliphatic carbocycles. The number of fused-ring (bicyclic) bond motifs is 1. The predicted molar refractivity (Wildman–Crippen MR) is 139 cm³/mol. The number of nitrogens with zero attached hydrogens (tertiary/aromatic N) is 2. The summed E-state index contributed by atoms with van der Waals surface area (Å²) in [7, 11) is -3.59. The third kappa shape index (κ3) is 5.04. The van der Waals surface area contributed by atoms with Crippen molar-refractivity contribution in [2.45, 2.75) is 17.7 Å². The van der Waals surface area contributed by atoms with Gasteiger partial charge in [-0.2, -0.15) is 4.31 Å². The maximum Gasteiger partial charge on any atom is 0.243 e. The van der Waals surface area contributed by atoms with E-state index in [-0.39, 0.29) is 22.6 Å². The Bertz CT molecular complexity index is 1310. The van der Waals surface area contributed by atoms with E-state index in [1.807, 2.05) is 12.5 Å². The lowest BCUT2D eigenvalue weighted by Gasteiger charge is -2.32. The molecule has 2 unspecified atom stereocenters. The van der Waals surface area contributed by atoms with E-state index in [1.54, 1.807) is 52.8 Å². The summed E-state index contributed by atoms with van der Waals surface area (Å²) in [5.41, 5.74) is 1.47. The molecule has 1 radical (unpaired) electrons. The molecule has 0 amide bonds. The molecule has 6 rings (SSSR count). The molecule has 0 spiro atoms. The van der Waals surface area contributed by atoms with Crippen molar-refractivity contribution in [3.63, 3.8) is 0 Å². The van der Waals surface area contributed by atoms with E-state index >= 15 is 4.39 Å². The number of rotatable bonds is 7. The van der Waals surface area contributed by atoms with E-state index < -0.39 is 10.0 Å². The van der Waals surface area contributed by atoms with Gasteiger partial charge in [0.15, 0.2) is 0 Å². The Balaban J connectivity index is 1.06. The SMILES string of the molecule is O=S(=O)(c1ccc(Oc2ccc(Cl)cc2)cc1)N1CC2C(CC3=C(F)C(N4CCOCC4)=CC[CH]3)C2C1. The second kappa shape index (κ2) is 10.1. The lowest BCUT2D eigenvalue weighted by atomic mass is 9.95. The molecule has 2 aromatic carbocycles. The lowest BCUT2D eigenvalue weighted by molar-refractivity contribution is 0.0531. The first-order chi connectivity index (χ1) is 17.9. The fourth-order valence-corrected chi connectivity index (χ4v) is 7.37. The molecule has 2 aromatic rings. The first kappa shape index (κ1) is 24.9. The van der Waals surface area contributed by atoms with Gasteiger partial charge in [-0.05, 0) is 91.1 Å². The molecule has 1 saturated carbocycles. The zero-order chi connectivity index (χ0) is 25.6. The number of ether oxygens (including phenoxy) is 2. The highest BCUT2D eigenvalue weighted by molar-refractivity contribution is 7.89. The fraction of sp³-hybridized carbons (Fsp3) is 0.393. The first-order valence-corrected chi connectivity index (χ1v) is 14.5. The smallest absolute Gasteiger partial charge is 0.243 e. The van der Waals surface area contributed by atoms with Gasteiger partial charge in [-0.15, -0.1) is 0 Å². The van der Waals surface area contributed by atoms with Crippen molar-refractivity contribution in [3.8, 4) is 11.5 Å². The lowest BCUT2D eigenvalue weighted by Crippen LogP contribution is -2.36. The van der Waals surface area contributed by atoms with Crippen LogP contribution in [0.3, 0.4) is 0 Å². The van der Waals surface area contributed by atoms with Crippen LogP contribution in [0.4, 0.5) is 4.39 Å². The van der Waals surface area contributed by atoms with Crippen LogP contribution in [-0.2, 0) is 14.8 Å². The number of hydrogen-bond acceptors (Lipinski definition) is 5. The average molecular weight is 544 g/mol. The molecule has 2 saturated heterocycles. The summed E-state index contributed by atoms with van der Waals surface area (Å²) in [4.78, 5) is 2.32. The van der Waals surface area contributed by atoms with Gasteiger partial charge >= 0.3 is 0 Å². The number of halogens is 2. The van der Waals surface area contributed by atoms with Crippen LogP contribution in [0.1, 0.15) is 12.8 Å². The highest BCUT2D eigenvalue weighted by Crippen LogP contribution is 2.56. The maximum absolute atomic E-state index is 15.3. The largest absolute Gasteiger partial charge is 0.457 e. The van der Waals surface area contributed by atoms with Crippen LogP contribution in [0.5, 0.6) is 11.5 Å². The van der Waals surface area contributed by atoms with Crippen LogP contribution in [0.15, 0.2) is 76.6 Å². The van der Waals surface area contributed by atoms with Crippen molar-refractivity contribution in [3.05, 3.63) is 83.1 Å². The Labute approximate surface area is 222 Å². The van der Waals surface area contributed by atoms with E-state index in [9.17, 15) is 8.42 Å². The standard InChI is InChI=1S/C28H29ClFN2O4S/c29-20-4-6-21(7-5-20)36-22-8-10-23(11-9-22)37(33,34)32-17-25-24(26(25)18-32)16-19-2-1-3-27(28(19)30)31-12-14-35-15-13-31/h2-11,24-26H,1,12-18H2. The van der Waals surface area contributed by atoms with Gasteiger partial charge in [-0.3, -0.25) is 0 Å². The minimum absolute atomic E-state index is 0.122. The molecule has 2 atom stereocenters. The molecule has 0 N–H and O–H groups in total. The quantitative estimate of drug-likeness (QED) is 0.465. The molecular formula is C28H29ClFN2O4S. The molecule has 2 heterocycles. The van der Waals surface area contributed by atoms with Crippen LogP contribution in [0, 0.1) is 24.2 Å². The monoisotopic (exact) mass is 543 g/mol. The van der Waals surface area contributed by atoms with E-state index in [2.05, 4.69) is 4.90 Å². The number of morpholine rings is 1. The van der Waals surface area contributed by atoms with Crippen LogP contribution in [0.2, 0.25) is 5.02 Å².